The van der Waals surface area contributed by atoms with Crippen LogP contribution in [0.3, 0.4) is 0 Å². The number of ether oxygens (including phenoxy) is 2. The second-order valence-electron chi connectivity index (χ2n) is 5.37. The van der Waals surface area contributed by atoms with Gasteiger partial charge in [-0.1, -0.05) is 25.1 Å². The average molecular weight is 333 g/mol. The molecule has 1 heterocycles. The van der Waals surface area contributed by atoms with Gasteiger partial charge in [-0.2, -0.15) is 0 Å². The van der Waals surface area contributed by atoms with E-state index in [2.05, 4.69) is 4.72 Å². The molecule has 1 aliphatic rings. The molecule has 0 aromatic heterocycles. The SMILES string of the molecule is CCc1cccc(C)c1NS(=O)(=O)c1ccc2c(c1)OCCO2. The fourth-order valence-corrected chi connectivity index (χ4v) is 3.74. The van der Waals surface area contributed by atoms with Crippen LogP contribution in [0, 0.1) is 6.92 Å². The molecule has 6 heteroatoms. The zero-order valence-corrected chi connectivity index (χ0v) is 13.9. The highest BCUT2D eigenvalue weighted by atomic mass is 32.2. The summed E-state index contributed by atoms with van der Waals surface area (Å²) in [6, 6.07) is 10.4. The molecule has 0 atom stereocenters. The number of benzene rings is 2. The number of hydrogen-bond donors (Lipinski definition) is 1. The van der Waals surface area contributed by atoms with E-state index in [1.54, 1.807) is 6.07 Å². The molecule has 0 fully saturated rings. The summed E-state index contributed by atoms with van der Waals surface area (Å²) in [5.74, 6) is 1.03. The van der Waals surface area contributed by atoms with Gasteiger partial charge in [0, 0.05) is 6.07 Å². The van der Waals surface area contributed by atoms with Gasteiger partial charge >= 0.3 is 0 Å². The van der Waals surface area contributed by atoms with Crippen molar-refractivity contribution in [1.29, 1.82) is 0 Å². The van der Waals surface area contributed by atoms with E-state index in [-0.39, 0.29) is 4.90 Å². The van der Waals surface area contributed by atoms with E-state index in [9.17, 15) is 8.42 Å². The Balaban J connectivity index is 1.97. The van der Waals surface area contributed by atoms with Gasteiger partial charge in [0.25, 0.3) is 10.0 Å². The molecule has 0 saturated heterocycles. The Morgan fingerprint density at radius 1 is 1.09 bits per heavy atom. The van der Waals surface area contributed by atoms with Crippen LogP contribution in [0.5, 0.6) is 11.5 Å². The van der Waals surface area contributed by atoms with Crippen LogP contribution in [0.15, 0.2) is 41.3 Å². The highest BCUT2D eigenvalue weighted by Gasteiger charge is 2.21. The molecule has 23 heavy (non-hydrogen) atoms. The lowest BCUT2D eigenvalue weighted by molar-refractivity contribution is 0.171. The Labute approximate surface area is 136 Å². The van der Waals surface area contributed by atoms with Crippen LogP contribution in [0.25, 0.3) is 0 Å². The van der Waals surface area contributed by atoms with Crippen molar-refractivity contribution in [2.45, 2.75) is 25.2 Å². The Bertz CT molecular complexity index is 830. The smallest absolute Gasteiger partial charge is 0.262 e. The van der Waals surface area contributed by atoms with Crippen molar-refractivity contribution in [3.63, 3.8) is 0 Å². The van der Waals surface area contributed by atoms with Crippen molar-refractivity contribution in [3.8, 4) is 11.5 Å². The quantitative estimate of drug-likeness (QED) is 0.933. The van der Waals surface area contributed by atoms with E-state index < -0.39 is 10.0 Å². The summed E-state index contributed by atoms with van der Waals surface area (Å²) in [4.78, 5) is 0.159. The Kier molecular flexibility index (Phi) is 4.17. The van der Waals surface area contributed by atoms with Crippen LogP contribution in [0.4, 0.5) is 5.69 Å². The maximum Gasteiger partial charge on any atom is 0.262 e. The summed E-state index contributed by atoms with van der Waals surface area (Å²) in [7, 11) is -3.69. The summed E-state index contributed by atoms with van der Waals surface area (Å²) < 4.78 is 39.0. The third-order valence-corrected chi connectivity index (χ3v) is 5.15. The lowest BCUT2D eigenvalue weighted by Crippen LogP contribution is -2.18. The van der Waals surface area contributed by atoms with Gasteiger partial charge in [-0.05, 0) is 36.6 Å². The molecule has 2 aromatic carbocycles. The zero-order chi connectivity index (χ0) is 16.4. The molecule has 122 valence electrons. The molecule has 1 aliphatic heterocycles. The molecule has 5 nitrogen and oxygen atoms in total. The summed E-state index contributed by atoms with van der Waals surface area (Å²) >= 11 is 0. The first kappa shape index (κ1) is 15.7. The average Bonchev–Trinajstić information content (AvgIpc) is 2.56. The lowest BCUT2D eigenvalue weighted by Gasteiger charge is -2.19. The predicted octanol–water partition coefficient (Wildman–Crippen LogP) is 3.13. The van der Waals surface area contributed by atoms with Crippen LogP contribution in [-0.2, 0) is 16.4 Å². The number of rotatable bonds is 4. The molecule has 1 N–H and O–H groups in total. The molecule has 2 aromatic rings. The number of aryl methyl sites for hydroxylation is 2. The zero-order valence-electron chi connectivity index (χ0n) is 13.1. The molecule has 0 saturated carbocycles. The van der Waals surface area contributed by atoms with Gasteiger partial charge in [0.2, 0.25) is 0 Å². The molecule has 0 bridgehead atoms. The second-order valence-corrected chi connectivity index (χ2v) is 7.06. The number of para-hydroxylation sites is 1. The third kappa shape index (κ3) is 3.12. The maximum absolute atomic E-state index is 12.7. The number of anilines is 1. The first-order valence-electron chi connectivity index (χ1n) is 7.52. The minimum absolute atomic E-state index is 0.159. The molecular formula is C17H19NO4S. The second kappa shape index (κ2) is 6.12. The molecule has 0 aliphatic carbocycles. The van der Waals surface area contributed by atoms with Gasteiger partial charge in [-0.3, -0.25) is 4.72 Å². The van der Waals surface area contributed by atoms with E-state index in [1.165, 1.54) is 12.1 Å². The first-order valence-corrected chi connectivity index (χ1v) is 9.00. The highest BCUT2D eigenvalue weighted by Crippen LogP contribution is 2.33. The standard InChI is InChI=1S/C17H19NO4S/c1-3-13-6-4-5-12(2)17(13)18-23(19,20)14-7-8-15-16(11-14)22-10-9-21-15/h4-8,11,18H,3,9-10H2,1-2H3. The molecule has 0 radical (unpaired) electrons. The van der Waals surface area contributed by atoms with Crippen LogP contribution in [-0.4, -0.2) is 21.6 Å². The molecular weight excluding hydrogens is 314 g/mol. The van der Waals surface area contributed by atoms with Crippen molar-refractivity contribution in [2.24, 2.45) is 0 Å². The minimum atomic E-state index is -3.69. The number of fused-ring (bicyclic) bond motifs is 1. The maximum atomic E-state index is 12.7. The topological polar surface area (TPSA) is 64.6 Å². The van der Waals surface area contributed by atoms with Gasteiger partial charge < -0.3 is 9.47 Å². The fraction of sp³-hybridized carbons (Fsp3) is 0.294. The summed E-state index contributed by atoms with van der Waals surface area (Å²) in [5, 5.41) is 0. The first-order chi connectivity index (χ1) is 11.0. The monoisotopic (exact) mass is 333 g/mol. The van der Waals surface area contributed by atoms with Crippen LogP contribution in [0.1, 0.15) is 18.1 Å². The molecule has 3 rings (SSSR count). The van der Waals surface area contributed by atoms with E-state index in [4.69, 9.17) is 9.47 Å². The Morgan fingerprint density at radius 3 is 2.57 bits per heavy atom. The van der Waals surface area contributed by atoms with Gasteiger partial charge in [0.1, 0.15) is 13.2 Å². The number of nitrogens with one attached hydrogen (secondary N) is 1. The predicted molar refractivity (Wildman–Crippen MR) is 88.8 cm³/mol. The van der Waals surface area contributed by atoms with Crippen molar-refractivity contribution < 1.29 is 17.9 Å². The van der Waals surface area contributed by atoms with Crippen molar-refractivity contribution in [1.82, 2.24) is 0 Å². The minimum Gasteiger partial charge on any atom is -0.486 e. The van der Waals surface area contributed by atoms with Crippen LogP contribution < -0.4 is 14.2 Å². The number of hydrogen-bond acceptors (Lipinski definition) is 4. The van der Waals surface area contributed by atoms with Crippen molar-refractivity contribution in [3.05, 3.63) is 47.5 Å². The van der Waals surface area contributed by atoms with E-state index >= 15 is 0 Å². The summed E-state index contributed by atoms with van der Waals surface area (Å²) in [6.07, 6.45) is 0.751. The molecule has 0 spiro atoms. The van der Waals surface area contributed by atoms with Gasteiger partial charge in [-0.15, -0.1) is 0 Å². The van der Waals surface area contributed by atoms with Gasteiger partial charge in [-0.25, -0.2) is 8.42 Å². The lowest BCUT2D eigenvalue weighted by atomic mass is 10.1. The van der Waals surface area contributed by atoms with E-state index in [1.807, 2.05) is 32.0 Å². The van der Waals surface area contributed by atoms with Crippen LogP contribution in [0.2, 0.25) is 0 Å². The normalized spacial score (nSPS) is 13.7. The Morgan fingerprint density at radius 2 is 1.83 bits per heavy atom. The number of sulfonamides is 1. The van der Waals surface area contributed by atoms with E-state index in [0.29, 0.717) is 30.4 Å². The molecule has 0 unspecified atom stereocenters. The molecule has 0 amide bonds. The summed E-state index contributed by atoms with van der Waals surface area (Å²) in [5.41, 5.74) is 2.50. The van der Waals surface area contributed by atoms with Gasteiger partial charge in [0.15, 0.2) is 11.5 Å². The summed E-state index contributed by atoms with van der Waals surface area (Å²) in [6.45, 7) is 4.78. The van der Waals surface area contributed by atoms with Crippen molar-refractivity contribution in [2.75, 3.05) is 17.9 Å². The third-order valence-electron chi connectivity index (χ3n) is 3.80. The van der Waals surface area contributed by atoms with Gasteiger partial charge in [0.05, 0.1) is 10.6 Å². The fourth-order valence-electron chi connectivity index (χ4n) is 2.55. The highest BCUT2D eigenvalue weighted by molar-refractivity contribution is 7.92. The Hall–Kier alpha value is -2.21. The van der Waals surface area contributed by atoms with Crippen LogP contribution >= 0.6 is 0 Å². The largest absolute Gasteiger partial charge is 0.486 e. The van der Waals surface area contributed by atoms with Crippen molar-refractivity contribution >= 4 is 15.7 Å². The van der Waals surface area contributed by atoms with E-state index in [0.717, 1.165) is 17.5 Å².